The zero-order valence-corrected chi connectivity index (χ0v) is 31.7. The lowest BCUT2D eigenvalue weighted by Gasteiger charge is -2.25. The molecule has 1 aliphatic rings. The van der Waals surface area contributed by atoms with Crippen molar-refractivity contribution in [1.29, 1.82) is 0 Å². The molecule has 1 aromatic carbocycles. The number of terminal acetylenes is 1. The van der Waals surface area contributed by atoms with Crippen LogP contribution < -0.4 is 0 Å². The topological polar surface area (TPSA) is 0 Å². The molecular weight excluding hydrogens is 661 g/mol. The molecule has 2 rings (SSSR count). The van der Waals surface area contributed by atoms with E-state index in [1.807, 2.05) is 13.8 Å². The molecule has 0 N–H and O–H groups in total. The van der Waals surface area contributed by atoms with Crippen LogP contribution in [0.15, 0.2) is 128 Å². The van der Waals surface area contributed by atoms with Crippen LogP contribution >= 0.6 is 0 Å². The third-order valence-electron chi connectivity index (χ3n) is 6.17. The summed E-state index contributed by atoms with van der Waals surface area (Å²) in [5.74, 6) is 41.4. The molecule has 0 bridgehead atoms. The summed E-state index contributed by atoms with van der Waals surface area (Å²) in [4.78, 5) is 0. The maximum Gasteiger partial charge on any atom is 0.0503 e. The van der Waals surface area contributed by atoms with Gasteiger partial charge in [0.2, 0.25) is 0 Å². The molecule has 0 saturated heterocycles. The highest BCUT2D eigenvalue weighted by molar-refractivity contribution is 5.87. The molecule has 0 spiro atoms. The van der Waals surface area contributed by atoms with Crippen molar-refractivity contribution < 1.29 is 0 Å². The Morgan fingerprint density at radius 1 is 0.527 bits per heavy atom. The van der Waals surface area contributed by atoms with Gasteiger partial charge in [0.05, 0.1) is 5.56 Å². The summed E-state index contributed by atoms with van der Waals surface area (Å²) >= 11 is 0. The molecule has 0 atom stereocenters. The zero-order valence-electron chi connectivity index (χ0n) is 31.7. The third-order valence-corrected chi connectivity index (χ3v) is 6.17. The Balaban J connectivity index is 0.00000743. The molecule has 0 heteroatoms. The molecule has 0 unspecified atom stereocenters. The van der Waals surface area contributed by atoms with Gasteiger partial charge in [-0.05, 0) is 219 Å². The fourth-order valence-corrected chi connectivity index (χ4v) is 4.19. The van der Waals surface area contributed by atoms with Crippen molar-refractivity contribution in [3.05, 3.63) is 156 Å². The van der Waals surface area contributed by atoms with E-state index in [0.717, 1.165) is 34.3 Å². The molecule has 0 saturated carbocycles. The highest BCUT2D eigenvalue weighted by Crippen LogP contribution is 2.41. The quantitative estimate of drug-likeness (QED) is 0.145. The molecular formula is C55H30. The van der Waals surface area contributed by atoms with Crippen molar-refractivity contribution >= 4 is 11.1 Å². The predicted octanol–water partition coefficient (Wildman–Crippen LogP) is 9.54. The van der Waals surface area contributed by atoms with Crippen LogP contribution in [0, 0.1) is 95.2 Å². The van der Waals surface area contributed by atoms with Gasteiger partial charge in [0.25, 0.3) is 0 Å². The molecule has 0 radical (unpaired) electrons. The Kier molecular flexibility index (Phi) is 22.2. The van der Waals surface area contributed by atoms with E-state index in [2.05, 4.69) is 238 Å². The maximum absolute atomic E-state index is 5.22. The lowest BCUT2D eigenvalue weighted by Crippen LogP contribution is -2.16. The lowest BCUT2D eigenvalue weighted by molar-refractivity contribution is 0.588. The first-order chi connectivity index (χ1) is 26.9. The van der Waals surface area contributed by atoms with E-state index in [1.54, 1.807) is 6.92 Å². The highest BCUT2D eigenvalue weighted by Gasteiger charge is 2.28. The second-order valence-electron chi connectivity index (χ2n) is 10.7. The molecule has 0 amide bonds. The zero-order chi connectivity index (χ0) is 40.4. The van der Waals surface area contributed by atoms with E-state index in [9.17, 15) is 0 Å². The Morgan fingerprint density at radius 3 is 1.44 bits per heavy atom. The summed E-state index contributed by atoms with van der Waals surface area (Å²) < 4.78 is 0. The van der Waals surface area contributed by atoms with Crippen molar-refractivity contribution in [1.82, 2.24) is 0 Å². The summed E-state index contributed by atoms with van der Waals surface area (Å²) in [5, 5.41) is 0. The van der Waals surface area contributed by atoms with Gasteiger partial charge in [-0.3, -0.25) is 0 Å². The highest BCUT2D eigenvalue weighted by atomic mass is 14.3. The standard InChI is InChI=1S/C53H24.C2H6/c1-8-12-16-20-24-26-29-30-34-39-46-41-38-42-47(40-35-31-28-25-21-17-13-9-2)52-49(44-37-33-27-22-18-14-10-3)48(43-36-32-23-19-15-11-4)51(45-50(46)52)53(5,6)7;1-2/h4,45H,1-2,38,41-42H2,3,5-7H3;1-2H3. The van der Waals surface area contributed by atoms with Crippen molar-refractivity contribution in [2.45, 2.75) is 66.2 Å². The van der Waals surface area contributed by atoms with E-state index in [1.165, 1.54) is 0 Å². The van der Waals surface area contributed by atoms with Gasteiger partial charge in [-0.1, -0.05) is 75.3 Å². The predicted molar refractivity (Wildman–Crippen MR) is 222 cm³/mol. The fourth-order valence-electron chi connectivity index (χ4n) is 4.19. The van der Waals surface area contributed by atoms with Gasteiger partial charge in [-0.25, -0.2) is 0 Å². The van der Waals surface area contributed by atoms with Gasteiger partial charge in [0.15, 0.2) is 0 Å². The van der Waals surface area contributed by atoms with Crippen LogP contribution in [0.1, 0.15) is 88.6 Å². The largest absolute Gasteiger partial charge is 0.106 e. The van der Waals surface area contributed by atoms with Gasteiger partial charge in [0, 0.05) is 22.3 Å². The molecule has 0 aromatic heterocycles. The molecule has 1 aliphatic carbocycles. The van der Waals surface area contributed by atoms with Crippen molar-refractivity contribution in [2.75, 3.05) is 0 Å². The Labute approximate surface area is 327 Å². The van der Waals surface area contributed by atoms with Crippen LogP contribution in [0.3, 0.4) is 0 Å². The third kappa shape index (κ3) is 17.5. The van der Waals surface area contributed by atoms with E-state index in [-0.39, 0.29) is 5.41 Å². The first kappa shape index (κ1) is 44.0. The SMILES string of the molecule is C#CC#CC#CC#Cc1c(C(C)(C)C)cc2c(c1C#CC#CC#CC#CC)C(=C=C=C=C=C=C=C=C=C=C)CCCC2=C=C=C=C=C=C=C=C=C=C=C.CC. The monoisotopic (exact) mass is 690 g/mol. The minimum absolute atomic E-state index is 0.371. The summed E-state index contributed by atoms with van der Waals surface area (Å²) in [6.07, 6.45) is 7.26. The van der Waals surface area contributed by atoms with E-state index < -0.39 is 0 Å². The first-order valence-corrected chi connectivity index (χ1v) is 16.5. The summed E-state index contributed by atoms with van der Waals surface area (Å²) in [6, 6.07) is 2.10. The summed E-state index contributed by atoms with van der Waals surface area (Å²) in [6.45, 7) is 18.8. The minimum Gasteiger partial charge on any atom is -0.106 e. The van der Waals surface area contributed by atoms with Gasteiger partial charge >= 0.3 is 0 Å². The van der Waals surface area contributed by atoms with Crippen LogP contribution in [0.4, 0.5) is 0 Å². The second kappa shape index (κ2) is 27.8. The molecule has 0 nitrogen and oxygen atoms in total. The van der Waals surface area contributed by atoms with Gasteiger partial charge in [-0.2, -0.15) is 0 Å². The molecule has 55 heavy (non-hydrogen) atoms. The fraction of sp³-hybridized carbons (Fsp3) is 0.182. The molecule has 0 aliphatic heterocycles. The van der Waals surface area contributed by atoms with E-state index >= 15 is 0 Å². The molecule has 0 fully saturated rings. The average molecular weight is 691 g/mol. The number of hydrogen-bond acceptors (Lipinski definition) is 0. The summed E-state index contributed by atoms with van der Waals surface area (Å²) in [5.41, 5.74) is 56.8. The lowest BCUT2D eigenvalue weighted by atomic mass is 9.77. The van der Waals surface area contributed by atoms with E-state index in [4.69, 9.17) is 6.42 Å². The number of benzene rings is 1. The number of rotatable bonds is 0. The smallest absolute Gasteiger partial charge is 0.0503 e. The second-order valence-corrected chi connectivity index (χ2v) is 10.7. The number of fused-ring (bicyclic) bond motifs is 1. The number of allylic oxidation sites excluding steroid dienone is 2. The van der Waals surface area contributed by atoms with Crippen molar-refractivity contribution in [2.24, 2.45) is 0 Å². The van der Waals surface area contributed by atoms with Crippen LogP contribution in [-0.2, 0) is 5.41 Å². The van der Waals surface area contributed by atoms with Crippen LogP contribution in [0.25, 0.3) is 11.1 Å². The van der Waals surface area contributed by atoms with Crippen molar-refractivity contribution in [3.8, 4) is 95.2 Å². The first-order valence-electron chi connectivity index (χ1n) is 16.5. The molecule has 250 valence electrons. The number of hydrogen-bond donors (Lipinski definition) is 0. The Bertz CT molecular complexity index is 3050. The van der Waals surface area contributed by atoms with Crippen LogP contribution in [-0.4, -0.2) is 0 Å². The summed E-state index contributed by atoms with van der Waals surface area (Å²) in [7, 11) is 0. The van der Waals surface area contributed by atoms with Gasteiger partial charge in [-0.15, -0.1) is 6.42 Å². The maximum atomic E-state index is 5.22. The van der Waals surface area contributed by atoms with Crippen LogP contribution in [0.5, 0.6) is 0 Å². The normalized spacial score (nSPS) is 8.16. The van der Waals surface area contributed by atoms with Gasteiger partial charge in [0.1, 0.15) is 0 Å². The molecule has 1 aromatic rings. The average Bonchev–Trinajstić information content (AvgIpc) is 3.35. The van der Waals surface area contributed by atoms with Crippen LogP contribution in [0.2, 0.25) is 0 Å². The molecule has 0 heterocycles. The van der Waals surface area contributed by atoms with E-state index in [0.29, 0.717) is 24.0 Å². The minimum atomic E-state index is -0.371. The Hall–Kier alpha value is -9.00. The Morgan fingerprint density at radius 2 is 0.945 bits per heavy atom. The van der Waals surface area contributed by atoms with Gasteiger partial charge < -0.3 is 0 Å². The van der Waals surface area contributed by atoms with Crippen molar-refractivity contribution in [3.63, 3.8) is 0 Å².